The SMILES string of the molecule is O=C(COC(=O)c1ccc(CN2CCCC2=O)cc1)NCc1ccccc1Cl. The van der Waals surface area contributed by atoms with E-state index in [1.165, 1.54) is 0 Å². The van der Waals surface area contributed by atoms with Crippen molar-refractivity contribution in [3.05, 3.63) is 70.2 Å². The predicted octanol–water partition coefficient (Wildman–Crippen LogP) is 2.94. The van der Waals surface area contributed by atoms with Gasteiger partial charge in [0.25, 0.3) is 5.91 Å². The molecule has 0 aliphatic carbocycles. The molecule has 0 radical (unpaired) electrons. The van der Waals surface area contributed by atoms with E-state index in [0.717, 1.165) is 24.1 Å². The van der Waals surface area contributed by atoms with Crippen molar-refractivity contribution < 1.29 is 19.1 Å². The highest BCUT2D eigenvalue weighted by molar-refractivity contribution is 6.31. The summed E-state index contributed by atoms with van der Waals surface area (Å²) in [4.78, 5) is 37.4. The van der Waals surface area contributed by atoms with Crippen LogP contribution in [0.25, 0.3) is 0 Å². The Morgan fingerprint density at radius 3 is 2.54 bits per heavy atom. The van der Waals surface area contributed by atoms with Crippen molar-refractivity contribution in [2.75, 3.05) is 13.2 Å². The zero-order valence-corrected chi connectivity index (χ0v) is 16.1. The standard InChI is InChI=1S/C21H21ClN2O4/c22-18-5-2-1-4-17(18)12-23-19(25)14-28-21(27)16-9-7-15(8-10-16)13-24-11-3-6-20(24)26/h1-2,4-5,7-10H,3,6,11-14H2,(H,23,25). The summed E-state index contributed by atoms with van der Waals surface area (Å²) in [5.74, 6) is -0.819. The normalized spacial score (nSPS) is 13.5. The van der Waals surface area contributed by atoms with Crippen LogP contribution >= 0.6 is 11.6 Å². The monoisotopic (exact) mass is 400 g/mol. The summed E-state index contributed by atoms with van der Waals surface area (Å²) in [5.41, 5.74) is 2.09. The fraction of sp³-hybridized carbons (Fsp3) is 0.286. The molecule has 0 bridgehead atoms. The van der Waals surface area contributed by atoms with Gasteiger partial charge in [-0.3, -0.25) is 9.59 Å². The largest absolute Gasteiger partial charge is 0.452 e. The van der Waals surface area contributed by atoms with Gasteiger partial charge in [0.05, 0.1) is 5.56 Å². The van der Waals surface area contributed by atoms with E-state index in [2.05, 4.69) is 5.32 Å². The Balaban J connectivity index is 1.44. The Hall–Kier alpha value is -2.86. The molecule has 1 aliphatic heterocycles. The molecule has 7 heteroatoms. The van der Waals surface area contributed by atoms with E-state index in [-0.39, 0.29) is 19.1 Å². The highest BCUT2D eigenvalue weighted by Crippen LogP contribution is 2.15. The molecule has 2 aromatic rings. The molecule has 0 spiro atoms. The predicted molar refractivity (Wildman–Crippen MR) is 105 cm³/mol. The fourth-order valence-electron chi connectivity index (χ4n) is 2.94. The van der Waals surface area contributed by atoms with Crippen LogP contribution in [0.4, 0.5) is 0 Å². The second kappa shape index (κ2) is 9.37. The maximum absolute atomic E-state index is 12.1. The Kier molecular flexibility index (Phi) is 6.66. The van der Waals surface area contributed by atoms with Crippen molar-refractivity contribution in [2.45, 2.75) is 25.9 Å². The van der Waals surface area contributed by atoms with Crippen molar-refractivity contribution in [3.8, 4) is 0 Å². The number of hydrogen-bond donors (Lipinski definition) is 1. The van der Waals surface area contributed by atoms with Gasteiger partial charge in [-0.15, -0.1) is 0 Å². The molecule has 0 saturated carbocycles. The molecular formula is C21H21ClN2O4. The number of rotatable bonds is 7. The van der Waals surface area contributed by atoms with Crippen LogP contribution in [0.15, 0.2) is 48.5 Å². The van der Waals surface area contributed by atoms with Gasteiger partial charge in [0.1, 0.15) is 0 Å². The van der Waals surface area contributed by atoms with Gasteiger partial charge >= 0.3 is 5.97 Å². The number of carbonyl (C=O) groups excluding carboxylic acids is 3. The smallest absolute Gasteiger partial charge is 0.338 e. The highest BCUT2D eigenvalue weighted by atomic mass is 35.5. The topological polar surface area (TPSA) is 75.7 Å². The third-order valence-electron chi connectivity index (χ3n) is 4.50. The lowest BCUT2D eigenvalue weighted by Gasteiger charge is -2.15. The minimum atomic E-state index is -0.573. The van der Waals surface area contributed by atoms with Crippen LogP contribution in [-0.2, 0) is 27.4 Å². The van der Waals surface area contributed by atoms with Gasteiger partial charge < -0.3 is 15.0 Å². The van der Waals surface area contributed by atoms with Crippen LogP contribution in [0.5, 0.6) is 0 Å². The van der Waals surface area contributed by atoms with Crippen LogP contribution in [0.3, 0.4) is 0 Å². The first kappa shape index (κ1) is 19.9. The zero-order chi connectivity index (χ0) is 19.9. The number of amides is 2. The van der Waals surface area contributed by atoms with Crippen molar-refractivity contribution >= 4 is 29.4 Å². The van der Waals surface area contributed by atoms with Crippen LogP contribution in [0, 0.1) is 0 Å². The molecule has 2 aromatic carbocycles. The lowest BCUT2D eigenvalue weighted by Crippen LogP contribution is -2.28. The maximum Gasteiger partial charge on any atom is 0.338 e. The molecule has 1 N–H and O–H groups in total. The third-order valence-corrected chi connectivity index (χ3v) is 4.87. The second-order valence-corrected chi connectivity index (χ2v) is 6.97. The molecule has 146 valence electrons. The molecule has 28 heavy (non-hydrogen) atoms. The number of likely N-dealkylation sites (tertiary alicyclic amines) is 1. The molecule has 6 nitrogen and oxygen atoms in total. The van der Waals surface area contributed by atoms with Gasteiger partial charge in [-0.25, -0.2) is 4.79 Å². The van der Waals surface area contributed by atoms with Crippen molar-refractivity contribution in [1.82, 2.24) is 10.2 Å². The number of esters is 1. The number of carbonyl (C=O) groups is 3. The Labute approximate surface area is 168 Å². The fourth-order valence-corrected chi connectivity index (χ4v) is 3.14. The van der Waals surface area contributed by atoms with E-state index in [1.807, 2.05) is 18.2 Å². The van der Waals surface area contributed by atoms with Gasteiger partial charge in [-0.05, 0) is 35.7 Å². The van der Waals surface area contributed by atoms with E-state index in [0.29, 0.717) is 23.6 Å². The zero-order valence-electron chi connectivity index (χ0n) is 15.3. The van der Waals surface area contributed by atoms with Crippen LogP contribution < -0.4 is 5.32 Å². The minimum Gasteiger partial charge on any atom is -0.452 e. The minimum absolute atomic E-state index is 0.159. The maximum atomic E-state index is 12.1. The summed E-state index contributed by atoms with van der Waals surface area (Å²) in [6.45, 7) is 1.21. The molecule has 0 atom stereocenters. The Morgan fingerprint density at radius 2 is 1.86 bits per heavy atom. The van der Waals surface area contributed by atoms with Crippen molar-refractivity contribution in [1.29, 1.82) is 0 Å². The average Bonchev–Trinajstić information content (AvgIpc) is 3.10. The highest BCUT2D eigenvalue weighted by Gasteiger charge is 2.20. The molecule has 1 saturated heterocycles. The number of nitrogens with zero attached hydrogens (tertiary/aromatic N) is 1. The number of ether oxygens (including phenoxy) is 1. The van der Waals surface area contributed by atoms with Gasteiger partial charge in [0.2, 0.25) is 5.91 Å². The van der Waals surface area contributed by atoms with Crippen LogP contribution in [0.2, 0.25) is 5.02 Å². The van der Waals surface area contributed by atoms with E-state index < -0.39 is 11.9 Å². The van der Waals surface area contributed by atoms with Crippen LogP contribution in [-0.4, -0.2) is 35.8 Å². The molecule has 1 heterocycles. The molecule has 0 aromatic heterocycles. The lowest BCUT2D eigenvalue weighted by atomic mass is 10.1. The molecular weight excluding hydrogens is 380 g/mol. The summed E-state index contributed by atoms with van der Waals surface area (Å²) in [6.07, 6.45) is 1.49. The van der Waals surface area contributed by atoms with Crippen molar-refractivity contribution in [2.24, 2.45) is 0 Å². The molecule has 2 amide bonds. The second-order valence-electron chi connectivity index (χ2n) is 6.56. The number of benzene rings is 2. The quantitative estimate of drug-likeness (QED) is 0.725. The molecule has 1 aliphatic rings. The summed E-state index contributed by atoms with van der Waals surface area (Å²) in [5, 5.41) is 3.23. The summed E-state index contributed by atoms with van der Waals surface area (Å²) < 4.78 is 5.05. The third kappa shape index (κ3) is 5.33. The first-order valence-electron chi connectivity index (χ1n) is 9.07. The molecule has 3 rings (SSSR count). The first-order valence-corrected chi connectivity index (χ1v) is 9.44. The van der Waals surface area contributed by atoms with Gasteiger partial charge in [-0.1, -0.05) is 41.9 Å². The Morgan fingerprint density at radius 1 is 1.11 bits per heavy atom. The number of nitrogens with one attached hydrogen (secondary N) is 1. The van der Waals surface area contributed by atoms with Crippen LogP contribution in [0.1, 0.15) is 34.3 Å². The average molecular weight is 401 g/mol. The van der Waals surface area contributed by atoms with Crippen molar-refractivity contribution in [3.63, 3.8) is 0 Å². The van der Waals surface area contributed by atoms with E-state index in [4.69, 9.17) is 16.3 Å². The summed E-state index contributed by atoms with van der Waals surface area (Å²) >= 11 is 6.03. The number of halogens is 1. The molecule has 0 unspecified atom stereocenters. The van der Waals surface area contributed by atoms with Gasteiger partial charge in [-0.2, -0.15) is 0 Å². The lowest BCUT2D eigenvalue weighted by molar-refractivity contribution is -0.128. The number of hydrogen-bond acceptors (Lipinski definition) is 4. The molecule has 1 fully saturated rings. The van der Waals surface area contributed by atoms with E-state index in [9.17, 15) is 14.4 Å². The summed E-state index contributed by atoms with van der Waals surface area (Å²) in [7, 11) is 0. The van der Waals surface area contributed by atoms with E-state index in [1.54, 1.807) is 35.2 Å². The first-order chi connectivity index (χ1) is 13.5. The summed E-state index contributed by atoms with van der Waals surface area (Å²) in [6, 6.07) is 14.1. The van der Waals surface area contributed by atoms with Gasteiger partial charge in [0, 0.05) is 31.1 Å². The Bertz CT molecular complexity index is 867. The van der Waals surface area contributed by atoms with Gasteiger partial charge in [0.15, 0.2) is 6.61 Å². The van der Waals surface area contributed by atoms with E-state index >= 15 is 0 Å².